The van der Waals surface area contributed by atoms with Gasteiger partial charge in [0.2, 0.25) is 12.5 Å². The van der Waals surface area contributed by atoms with E-state index in [1.54, 1.807) is 0 Å². The second-order valence-corrected chi connectivity index (χ2v) is 12.4. The number of hydrogen-bond acceptors (Lipinski definition) is 7. The number of likely N-dealkylation sites (N-methyl/N-ethyl adjacent to an activating group) is 1. The molecule has 2 saturated heterocycles. The number of nitrogens with zero attached hydrogens (tertiary/aromatic N) is 7. The Morgan fingerprint density at radius 2 is 1.91 bits per heavy atom. The summed E-state index contributed by atoms with van der Waals surface area (Å²) in [5, 5.41) is 2.70. The van der Waals surface area contributed by atoms with E-state index >= 15 is 0 Å². The van der Waals surface area contributed by atoms with E-state index in [-0.39, 0.29) is 37.8 Å². The smallest absolute Gasteiger partial charge is 0.409 e. The van der Waals surface area contributed by atoms with Crippen LogP contribution in [-0.4, -0.2) is 96.9 Å². The number of ether oxygens (including phenoxy) is 1. The van der Waals surface area contributed by atoms with E-state index in [0.29, 0.717) is 49.6 Å². The Hall–Kier alpha value is -4.08. The van der Waals surface area contributed by atoms with Gasteiger partial charge in [-0.1, -0.05) is 35.9 Å². The van der Waals surface area contributed by atoms with Crippen molar-refractivity contribution in [2.45, 2.75) is 44.1 Å². The molecule has 3 aromatic rings. The minimum Gasteiger partial charge on any atom is -0.462 e. The van der Waals surface area contributed by atoms with E-state index in [1.807, 2.05) is 35.2 Å². The summed E-state index contributed by atoms with van der Waals surface area (Å²) in [7, 11) is 2.08. The number of rotatable bonds is 7. The summed E-state index contributed by atoms with van der Waals surface area (Å²) in [4.78, 5) is 33.9. The van der Waals surface area contributed by atoms with Crippen LogP contribution in [0.25, 0.3) is 15.6 Å². The maximum atomic E-state index is 12.8. The van der Waals surface area contributed by atoms with Crippen molar-refractivity contribution in [2.75, 3.05) is 62.7 Å². The number of fused-ring (bicyclic) bond motifs is 2. The first-order valence-electron chi connectivity index (χ1n) is 15.4. The van der Waals surface area contributed by atoms with Crippen molar-refractivity contribution in [3.05, 3.63) is 76.2 Å². The fraction of sp³-hybridized carbons (Fsp3) is 0.455. The van der Waals surface area contributed by atoms with Gasteiger partial charge >= 0.3 is 12.2 Å². The summed E-state index contributed by atoms with van der Waals surface area (Å²) in [6.45, 7) is 10.8. The van der Waals surface area contributed by atoms with Crippen molar-refractivity contribution < 1.29 is 22.7 Å². The van der Waals surface area contributed by atoms with Crippen LogP contribution < -0.4 is 14.5 Å². The minimum atomic E-state index is -4.60. The molecule has 1 amide bonds. The van der Waals surface area contributed by atoms with Gasteiger partial charge in [-0.3, -0.25) is 4.79 Å². The predicted octanol–water partition coefficient (Wildman–Crippen LogP) is 5.37. The second kappa shape index (κ2) is 13.3. The third-order valence-corrected chi connectivity index (χ3v) is 9.37. The molecule has 0 radical (unpaired) electrons. The highest BCUT2D eigenvalue weighted by Crippen LogP contribution is 2.37. The van der Waals surface area contributed by atoms with Crippen LogP contribution in [0.2, 0.25) is 5.02 Å². The van der Waals surface area contributed by atoms with Crippen molar-refractivity contribution in [3.8, 4) is 6.01 Å². The number of aromatic nitrogens is 2. The third kappa shape index (κ3) is 6.86. The molecule has 3 aliphatic heterocycles. The fourth-order valence-corrected chi connectivity index (χ4v) is 6.96. The molecule has 46 heavy (non-hydrogen) atoms. The molecule has 2 aromatic carbocycles. The standard InChI is InChI=1S/C33H35ClF3N7O2/c1-38-18-24-19-43(16-17-44(24)29(45)11-13-33(35,36)37)31-25-12-15-42(28-10-4-7-22-6-3-9-26(34)30(22)28)20-27(25)39-32(40-31)46-21-23-8-5-14-41(23)2/h3-4,6-7,9-11,13,23-24H,5,8,12,14-21H2,2H3/b13-11+/t23-,24-/m0/s1. The average molecular weight is 654 g/mol. The Morgan fingerprint density at radius 3 is 2.65 bits per heavy atom. The van der Waals surface area contributed by atoms with Gasteiger partial charge in [-0.2, -0.15) is 23.1 Å². The van der Waals surface area contributed by atoms with Gasteiger partial charge in [0.05, 0.1) is 17.3 Å². The molecule has 242 valence electrons. The molecular weight excluding hydrogens is 619 g/mol. The SMILES string of the molecule is [C-]#[N+]C[C@H]1CN(c2nc(OC[C@@H]3CCCN3C)nc3c2CCN(c2cccc4cccc(Cl)c24)C3)CCN1C(=O)/C=C/C(F)(F)F. The Labute approximate surface area is 271 Å². The molecule has 3 aliphatic rings. The molecule has 0 spiro atoms. The van der Waals surface area contributed by atoms with Crippen molar-refractivity contribution >= 4 is 39.8 Å². The van der Waals surface area contributed by atoms with Gasteiger partial charge in [0.15, 0.2) is 0 Å². The lowest BCUT2D eigenvalue weighted by Crippen LogP contribution is -2.56. The van der Waals surface area contributed by atoms with Crippen molar-refractivity contribution in [1.29, 1.82) is 0 Å². The molecule has 2 fully saturated rings. The monoisotopic (exact) mass is 653 g/mol. The van der Waals surface area contributed by atoms with Crippen LogP contribution in [0.15, 0.2) is 48.6 Å². The van der Waals surface area contributed by atoms with Crippen LogP contribution in [0.1, 0.15) is 24.1 Å². The molecule has 4 heterocycles. The quantitative estimate of drug-likeness (QED) is 0.251. The molecule has 2 atom stereocenters. The van der Waals surface area contributed by atoms with Crippen LogP contribution in [0.4, 0.5) is 24.7 Å². The van der Waals surface area contributed by atoms with E-state index < -0.39 is 18.1 Å². The number of carbonyl (C=O) groups is 1. The van der Waals surface area contributed by atoms with Crippen molar-refractivity contribution in [1.82, 2.24) is 19.8 Å². The first-order chi connectivity index (χ1) is 22.1. The number of halogens is 4. The lowest BCUT2D eigenvalue weighted by Gasteiger charge is -2.41. The van der Waals surface area contributed by atoms with Gasteiger partial charge in [-0.15, -0.1) is 0 Å². The Kier molecular flexibility index (Phi) is 9.25. The van der Waals surface area contributed by atoms with Crippen LogP contribution in [0.5, 0.6) is 6.01 Å². The Morgan fingerprint density at radius 1 is 1.11 bits per heavy atom. The Bertz CT molecular complexity index is 1670. The topological polar surface area (TPSA) is 69.4 Å². The number of carbonyl (C=O) groups excluding carboxylic acids is 1. The van der Waals surface area contributed by atoms with E-state index in [4.69, 9.17) is 32.9 Å². The zero-order chi connectivity index (χ0) is 32.4. The highest BCUT2D eigenvalue weighted by Gasteiger charge is 2.36. The maximum Gasteiger partial charge on any atom is 0.409 e. The maximum absolute atomic E-state index is 12.8. The minimum absolute atomic E-state index is 0.0393. The van der Waals surface area contributed by atoms with Gasteiger partial charge < -0.3 is 29.2 Å². The number of alkyl halides is 3. The molecule has 0 N–H and O–H groups in total. The van der Waals surface area contributed by atoms with Gasteiger partial charge in [0, 0.05) is 61.0 Å². The number of benzene rings is 2. The summed E-state index contributed by atoms with van der Waals surface area (Å²) in [6, 6.07) is 11.9. The van der Waals surface area contributed by atoms with Gasteiger partial charge in [-0.05, 0) is 50.4 Å². The first-order valence-corrected chi connectivity index (χ1v) is 15.8. The first kappa shape index (κ1) is 31.9. The summed E-state index contributed by atoms with van der Waals surface area (Å²) < 4.78 is 44.5. The van der Waals surface area contributed by atoms with E-state index in [0.717, 1.165) is 47.1 Å². The summed E-state index contributed by atoms with van der Waals surface area (Å²) in [5.74, 6) is -0.0762. The molecule has 0 unspecified atom stereocenters. The van der Waals surface area contributed by atoms with Crippen LogP contribution >= 0.6 is 11.6 Å². The molecule has 1 aromatic heterocycles. The fourth-order valence-electron chi connectivity index (χ4n) is 6.68. The lowest BCUT2D eigenvalue weighted by atomic mass is 10.0. The molecule has 0 saturated carbocycles. The van der Waals surface area contributed by atoms with E-state index in [2.05, 4.69) is 27.8 Å². The van der Waals surface area contributed by atoms with Gasteiger partial charge in [0.25, 0.3) is 0 Å². The number of allylic oxidation sites excluding steroid dienone is 1. The molecule has 9 nitrogen and oxygen atoms in total. The average Bonchev–Trinajstić information content (AvgIpc) is 3.46. The van der Waals surface area contributed by atoms with Gasteiger partial charge in [-0.25, -0.2) is 6.57 Å². The number of hydrogen-bond donors (Lipinski definition) is 0. The van der Waals surface area contributed by atoms with Crippen LogP contribution in [-0.2, 0) is 17.8 Å². The largest absolute Gasteiger partial charge is 0.462 e. The van der Waals surface area contributed by atoms with Crippen LogP contribution in [0.3, 0.4) is 0 Å². The summed E-state index contributed by atoms with van der Waals surface area (Å²) in [6.07, 6.45) is -1.34. The van der Waals surface area contributed by atoms with E-state index in [9.17, 15) is 18.0 Å². The van der Waals surface area contributed by atoms with Crippen molar-refractivity contribution in [3.63, 3.8) is 0 Å². The van der Waals surface area contributed by atoms with Gasteiger partial charge in [0.1, 0.15) is 18.5 Å². The zero-order valence-corrected chi connectivity index (χ0v) is 26.3. The highest BCUT2D eigenvalue weighted by molar-refractivity contribution is 6.36. The third-order valence-electron chi connectivity index (χ3n) is 9.05. The normalized spacial score (nSPS) is 20.7. The lowest BCUT2D eigenvalue weighted by molar-refractivity contribution is -0.129. The zero-order valence-electron chi connectivity index (χ0n) is 25.5. The van der Waals surface area contributed by atoms with Crippen LogP contribution in [0, 0.1) is 6.57 Å². The number of likely N-dealkylation sites (tertiary alicyclic amines) is 1. The molecule has 0 bridgehead atoms. The second-order valence-electron chi connectivity index (χ2n) is 12.0. The number of piperazine rings is 1. The molecule has 13 heteroatoms. The Balaban J connectivity index is 1.31. The highest BCUT2D eigenvalue weighted by atomic mass is 35.5. The molecular formula is C33H35ClF3N7O2. The van der Waals surface area contributed by atoms with E-state index in [1.165, 1.54) is 4.90 Å². The number of anilines is 2. The molecule has 0 aliphatic carbocycles. The number of amides is 1. The summed E-state index contributed by atoms with van der Waals surface area (Å²) >= 11 is 6.67. The summed E-state index contributed by atoms with van der Waals surface area (Å²) in [5.41, 5.74) is 2.80. The molecule has 6 rings (SSSR count). The predicted molar refractivity (Wildman–Crippen MR) is 171 cm³/mol. The van der Waals surface area contributed by atoms with Crippen molar-refractivity contribution in [2.24, 2.45) is 0 Å².